The Balaban J connectivity index is 2.32. The normalized spacial score (nSPS) is 26.1. The van der Waals surface area contributed by atoms with Gasteiger partial charge in [-0.2, -0.15) is 8.42 Å². The molecule has 1 aromatic rings. The van der Waals surface area contributed by atoms with E-state index in [1.807, 2.05) is 0 Å². The Morgan fingerprint density at radius 3 is 1.87 bits per heavy atom. The van der Waals surface area contributed by atoms with Crippen LogP contribution in [0.3, 0.4) is 0 Å². The maximum atomic E-state index is 11.0. The van der Waals surface area contributed by atoms with Gasteiger partial charge in [-0.05, 0) is 17.8 Å². The molecule has 15 heavy (non-hydrogen) atoms. The smallest absolute Gasteiger partial charge is 0.375 e. The highest BCUT2D eigenvalue weighted by Gasteiger charge is 2.16. The van der Waals surface area contributed by atoms with E-state index in [9.17, 15) is 8.42 Å². The van der Waals surface area contributed by atoms with Crippen molar-refractivity contribution in [3.63, 3.8) is 0 Å². The number of hydrogen-bond donors (Lipinski definition) is 1. The molecule has 1 aromatic carbocycles. The maximum Gasteiger partial charge on any atom is 0.380 e. The Hall–Kier alpha value is -1.00. The highest BCUT2D eigenvalue weighted by atomic mass is 32.2. The second-order valence-corrected chi connectivity index (χ2v) is 3.75. The van der Waals surface area contributed by atoms with Crippen LogP contribution in [0.25, 0.3) is 0 Å². The molecule has 1 aliphatic rings. The van der Waals surface area contributed by atoms with Gasteiger partial charge in [0, 0.05) is 0 Å². The number of para-hydroxylation sites is 2. The van der Waals surface area contributed by atoms with E-state index >= 15 is 0 Å². The minimum Gasteiger partial charge on any atom is -0.375 e. The van der Waals surface area contributed by atoms with Gasteiger partial charge in [0.2, 0.25) is 0 Å². The van der Waals surface area contributed by atoms with Gasteiger partial charge in [0.25, 0.3) is 0 Å². The first-order valence-electron chi connectivity index (χ1n) is 3.64. The minimum absolute atomic E-state index is 0.136. The van der Waals surface area contributed by atoms with Gasteiger partial charge in [0.1, 0.15) is 0 Å². The molecule has 0 aromatic heterocycles. The molecule has 0 radical (unpaired) electrons. The lowest BCUT2D eigenvalue weighted by Gasteiger charge is -2.04. The molecule has 2 atom stereocenters. The summed E-state index contributed by atoms with van der Waals surface area (Å²) in [6.45, 7) is 0. The van der Waals surface area contributed by atoms with Gasteiger partial charge in [-0.1, -0.05) is 12.1 Å². The summed E-state index contributed by atoms with van der Waals surface area (Å²) in [5, 5.41) is 0. The summed E-state index contributed by atoms with van der Waals surface area (Å²) >= 11 is -4.21. The molecule has 1 aliphatic heterocycles. The van der Waals surface area contributed by atoms with E-state index in [4.69, 9.17) is 8.37 Å². The highest BCUT2D eigenvalue weighted by Crippen LogP contribution is 2.28. The van der Waals surface area contributed by atoms with Crippen molar-refractivity contribution in [2.45, 2.75) is 0 Å². The summed E-state index contributed by atoms with van der Waals surface area (Å²) in [5.41, 5.74) is 1.71. The van der Waals surface area contributed by atoms with Crippen LogP contribution in [-0.4, -0.2) is 8.42 Å². The first-order chi connectivity index (χ1) is 7.25. The molecule has 0 aliphatic carbocycles. The van der Waals surface area contributed by atoms with Crippen molar-refractivity contribution < 1.29 is 25.4 Å². The summed E-state index contributed by atoms with van der Waals surface area (Å²) in [6, 6.07) is 6.24. The van der Waals surface area contributed by atoms with Gasteiger partial charge in [0.05, 0.1) is 0 Å². The predicted octanol–water partition coefficient (Wildman–Crippen LogP) is 0.0680. The van der Waals surface area contributed by atoms with E-state index < -0.39 is 22.7 Å². The van der Waals surface area contributed by atoms with E-state index in [-0.39, 0.29) is 11.5 Å². The number of nitrogens with one attached hydrogen (secondary N) is 1. The quantitative estimate of drug-likeness (QED) is 0.698. The zero-order valence-corrected chi connectivity index (χ0v) is 8.71. The average molecular weight is 251 g/mol. The Labute approximate surface area is 89.9 Å². The van der Waals surface area contributed by atoms with Gasteiger partial charge in [-0.3, -0.25) is 0 Å². The monoisotopic (exact) mass is 251 g/mol. The summed E-state index contributed by atoms with van der Waals surface area (Å²) in [5.74, 6) is 0.271. The Bertz CT molecular complexity index is 373. The average Bonchev–Trinajstić information content (AvgIpc) is 2.26. The second kappa shape index (κ2) is 4.68. The molecule has 1 N–H and O–H groups in total. The van der Waals surface area contributed by atoms with Crippen LogP contribution in [0.2, 0.25) is 0 Å². The lowest BCUT2D eigenvalue weighted by Crippen LogP contribution is -2.20. The van der Waals surface area contributed by atoms with Crippen LogP contribution in [0, 0.1) is 0 Å². The van der Waals surface area contributed by atoms with Crippen molar-refractivity contribution >= 4 is 22.7 Å². The topological polar surface area (TPSA) is 83.1 Å². The third kappa shape index (κ3) is 2.73. The number of rotatable bonds is 0. The molecule has 2 unspecified atom stereocenters. The number of hydrogen-bond acceptors (Lipinski definition) is 7. The molecular formula is C6H5NO6S2. The molecule has 0 fully saturated rings. The lowest BCUT2D eigenvalue weighted by atomic mass is 10.3. The SMILES string of the molecule is O=S1ONOS(=O)Oc2ccccc2O1. The van der Waals surface area contributed by atoms with Crippen LogP contribution >= 0.6 is 0 Å². The first-order valence-corrected chi connectivity index (χ1v) is 5.64. The van der Waals surface area contributed by atoms with E-state index in [1.54, 1.807) is 17.8 Å². The van der Waals surface area contributed by atoms with E-state index in [2.05, 4.69) is 8.57 Å². The fraction of sp³-hybridized carbons (Fsp3) is 0. The van der Waals surface area contributed by atoms with Crippen LogP contribution in [0.1, 0.15) is 0 Å². The molecule has 0 amide bonds. The van der Waals surface area contributed by atoms with Gasteiger partial charge in [0.15, 0.2) is 11.5 Å². The zero-order chi connectivity index (χ0) is 10.7. The molecule has 2 rings (SSSR count). The summed E-state index contributed by atoms with van der Waals surface area (Å²) in [7, 11) is 0. The molecule has 0 saturated carbocycles. The van der Waals surface area contributed by atoms with Crippen LogP contribution in [0.4, 0.5) is 0 Å². The van der Waals surface area contributed by atoms with Gasteiger partial charge < -0.3 is 8.37 Å². The van der Waals surface area contributed by atoms with E-state index in [0.717, 1.165) is 0 Å². The zero-order valence-electron chi connectivity index (χ0n) is 7.08. The van der Waals surface area contributed by atoms with Crippen molar-refractivity contribution in [3.05, 3.63) is 24.3 Å². The second-order valence-electron chi connectivity index (χ2n) is 2.27. The Morgan fingerprint density at radius 2 is 1.40 bits per heavy atom. The maximum absolute atomic E-state index is 11.0. The minimum atomic E-state index is -2.11. The Kier molecular flexibility index (Phi) is 3.28. The van der Waals surface area contributed by atoms with Crippen molar-refractivity contribution in [2.75, 3.05) is 0 Å². The van der Waals surface area contributed by atoms with Crippen LogP contribution < -0.4 is 14.0 Å². The molecule has 1 heterocycles. The van der Waals surface area contributed by atoms with Crippen molar-refractivity contribution in [1.82, 2.24) is 5.64 Å². The fourth-order valence-electron chi connectivity index (χ4n) is 0.838. The van der Waals surface area contributed by atoms with Gasteiger partial charge >= 0.3 is 22.7 Å². The molecule has 0 spiro atoms. The van der Waals surface area contributed by atoms with Gasteiger partial charge in [-0.15, -0.1) is 8.57 Å². The Morgan fingerprint density at radius 1 is 0.933 bits per heavy atom. The van der Waals surface area contributed by atoms with E-state index in [0.29, 0.717) is 0 Å². The van der Waals surface area contributed by atoms with E-state index in [1.165, 1.54) is 12.1 Å². The van der Waals surface area contributed by atoms with Crippen LogP contribution in [-0.2, 0) is 31.3 Å². The predicted molar refractivity (Wildman–Crippen MR) is 49.3 cm³/mol. The largest absolute Gasteiger partial charge is 0.380 e. The molecule has 7 nitrogen and oxygen atoms in total. The lowest BCUT2D eigenvalue weighted by molar-refractivity contribution is -0.00647. The van der Waals surface area contributed by atoms with Crippen molar-refractivity contribution in [3.8, 4) is 11.5 Å². The van der Waals surface area contributed by atoms with Crippen LogP contribution in [0.15, 0.2) is 24.3 Å². The molecule has 0 saturated heterocycles. The molecule has 0 bridgehead atoms. The molecular weight excluding hydrogens is 246 g/mol. The summed E-state index contributed by atoms with van der Waals surface area (Å²) in [4.78, 5) is 0. The molecule has 9 heteroatoms. The standard InChI is InChI=1S/C6H5NO6S2/c8-14-10-5-3-1-2-4-6(5)11-15(9)13-7-12-14/h1-4,7H. The van der Waals surface area contributed by atoms with Crippen molar-refractivity contribution in [2.24, 2.45) is 0 Å². The number of fused-ring (bicyclic) bond motifs is 1. The first kappa shape index (κ1) is 10.5. The third-order valence-electron chi connectivity index (χ3n) is 1.37. The fourth-order valence-corrected chi connectivity index (χ4v) is 1.70. The third-order valence-corrected chi connectivity index (χ3v) is 2.41. The highest BCUT2D eigenvalue weighted by molar-refractivity contribution is 7.76. The number of benzene rings is 1. The molecule has 82 valence electrons. The van der Waals surface area contributed by atoms with Crippen LogP contribution in [0.5, 0.6) is 11.5 Å². The summed E-state index contributed by atoms with van der Waals surface area (Å²) in [6.07, 6.45) is 0. The van der Waals surface area contributed by atoms with Gasteiger partial charge in [-0.25, -0.2) is 0 Å². The van der Waals surface area contributed by atoms with Crippen molar-refractivity contribution in [1.29, 1.82) is 0 Å². The summed E-state index contributed by atoms with van der Waals surface area (Å²) < 4.78 is 40.3.